The Morgan fingerprint density at radius 1 is 0.395 bits per heavy atom. The normalized spacial score (nSPS) is 12.2. The number of aryl methyl sites for hydroxylation is 2. The van der Waals surface area contributed by atoms with Crippen molar-refractivity contribution in [3.63, 3.8) is 0 Å². The van der Waals surface area contributed by atoms with Gasteiger partial charge in [-0.1, -0.05) is 76.2 Å². The van der Waals surface area contributed by atoms with Crippen LogP contribution in [0.3, 0.4) is 0 Å². The number of hydrogen-bond acceptors (Lipinski definition) is 10. The quantitative estimate of drug-likeness (QED) is 0.0439. The molecule has 81 heavy (non-hydrogen) atoms. The Kier molecular flexibility index (Phi) is 17.2. The van der Waals surface area contributed by atoms with Crippen molar-refractivity contribution in [1.29, 1.82) is 0 Å². The van der Waals surface area contributed by atoms with Crippen molar-refractivity contribution in [2.45, 2.75) is 114 Å². The Hall–Kier alpha value is -8.76. The van der Waals surface area contributed by atoms with Crippen LogP contribution in [0.2, 0.25) is 0 Å². The molecule has 8 aromatic carbocycles. The Morgan fingerprint density at radius 3 is 1.17 bits per heavy atom. The van der Waals surface area contributed by atoms with Gasteiger partial charge in [-0.05, 0) is 236 Å². The first kappa shape index (κ1) is 58.4. The number of hydrogen-bond donors (Lipinski definition) is 0. The van der Waals surface area contributed by atoms with Crippen LogP contribution < -0.4 is 28.4 Å². The lowest BCUT2D eigenvalue weighted by molar-refractivity contribution is -0.00115. The number of ketones is 2. The van der Waals surface area contributed by atoms with Gasteiger partial charge in [0.1, 0.15) is 57.2 Å². The highest BCUT2D eigenvalue weighted by Gasteiger charge is 2.46. The summed E-state index contributed by atoms with van der Waals surface area (Å²) in [5.41, 5.74) is 5.41. The van der Waals surface area contributed by atoms with E-state index in [1.54, 1.807) is 109 Å². The van der Waals surface area contributed by atoms with Gasteiger partial charge in [0, 0.05) is 22.5 Å². The number of carbonyl (C=O) groups is 4. The van der Waals surface area contributed by atoms with Crippen molar-refractivity contribution in [1.82, 2.24) is 0 Å². The summed E-state index contributed by atoms with van der Waals surface area (Å²) in [7, 11) is 0. The maximum Gasteiger partial charge on any atom is 0.343 e. The maximum atomic E-state index is 14.2. The van der Waals surface area contributed by atoms with Crippen LogP contribution in [-0.4, -0.2) is 34.7 Å². The van der Waals surface area contributed by atoms with Crippen LogP contribution in [-0.2, 0) is 6.42 Å². The number of ether oxygens (including phenoxy) is 6. The van der Waals surface area contributed by atoms with Crippen LogP contribution in [0.25, 0.3) is 0 Å². The van der Waals surface area contributed by atoms with Gasteiger partial charge in [-0.2, -0.15) is 0 Å². The van der Waals surface area contributed by atoms with E-state index >= 15 is 0 Å². The van der Waals surface area contributed by atoms with E-state index in [1.807, 2.05) is 138 Å². The first-order chi connectivity index (χ1) is 38.2. The predicted molar refractivity (Wildman–Crippen MR) is 318 cm³/mol. The molecule has 8 rings (SSSR count). The summed E-state index contributed by atoms with van der Waals surface area (Å²) in [5, 5.41) is 0. The molecule has 0 spiro atoms. The van der Waals surface area contributed by atoms with E-state index in [-0.39, 0.29) is 23.1 Å². The van der Waals surface area contributed by atoms with Gasteiger partial charge in [-0.15, -0.1) is 0 Å². The molecule has 0 amide bonds. The molecule has 8 aromatic rings. The topological polar surface area (TPSA) is 124 Å². The molecule has 0 bridgehead atoms. The summed E-state index contributed by atoms with van der Waals surface area (Å²) in [6, 6.07) is 55.0. The predicted octanol–water partition coefficient (Wildman–Crippen LogP) is 17.5. The third kappa shape index (κ3) is 14.7. The van der Waals surface area contributed by atoms with Crippen molar-refractivity contribution in [2.75, 3.05) is 0 Å². The zero-order valence-electron chi connectivity index (χ0n) is 48.7. The summed E-state index contributed by atoms with van der Waals surface area (Å²) < 4.78 is 36.2. The number of rotatable bonds is 19. The van der Waals surface area contributed by atoms with Gasteiger partial charge in [-0.3, -0.25) is 9.59 Å². The molecular weight excluding hydrogens is 1010 g/mol. The van der Waals surface area contributed by atoms with E-state index in [1.165, 1.54) is 0 Å². The van der Waals surface area contributed by atoms with Crippen LogP contribution in [0, 0.1) is 24.7 Å². The van der Waals surface area contributed by atoms with Crippen molar-refractivity contribution in [3.8, 4) is 46.0 Å². The summed E-state index contributed by atoms with van der Waals surface area (Å²) in [6.45, 7) is 25.4. The largest absolute Gasteiger partial charge is 0.488 e. The molecule has 0 N–H and O–H groups in total. The molecule has 10 heteroatoms. The van der Waals surface area contributed by atoms with Gasteiger partial charge < -0.3 is 28.4 Å². The second-order valence-electron chi connectivity index (χ2n) is 23.7. The van der Waals surface area contributed by atoms with E-state index in [0.717, 1.165) is 45.6 Å². The highest BCUT2D eigenvalue weighted by atomic mass is 16.5. The van der Waals surface area contributed by atoms with E-state index in [4.69, 9.17) is 28.4 Å². The van der Waals surface area contributed by atoms with Crippen LogP contribution in [0.1, 0.15) is 157 Å². The van der Waals surface area contributed by atoms with Crippen LogP contribution in [0.5, 0.6) is 46.0 Å². The zero-order valence-corrected chi connectivity index (χ0v) is 48.7. The molecule has 416 valence electrons. The van der Waals surface area contributed by atoms with Gasteiger partial charge >= 0.3 is 11.9 Å². The fourth-order valence-corrected chi connectivity index (χ4v) is 8.98. The summed E-state index contributed by atoms with van der Waals surface area (Å²) in [6.07, 6.45) is 0.734. The SMILES string of the molecule is Cc1cc(C(C)c2ccc(OC(C)(C)C(C)(C)C(=O)c3ccc(Oc4ccc(C(=O)Oc5ccc(Cc6ccc(OC(C)(C)C)cc6)cc5)cc4)cc3)c(C)c2)ccc1OC(=O)c1ccc(Oc2ccc(C(=O)C(C)(C)C)cc2)cc1. The van der Waals surface area contributed by atoms with E-state index < -0.39 is 28.4 Å². The van der Waals surface area contributed by atoms with Gasteiger partial charge in [-0.25, -0.2) is 9.59 Å². The van der Waals surface area contributed by atoms with E-state index in [2.05, 4.69) is 25.1 Å². The maximum absolute atomic E-state index is 14.2. The molecule has 0 aromatic heterocycles. The average Bonchev–Trinajstić information content (AvgIpc) is 3.48. The van der Waals surface area contributed by atoms with E-state index in [0.29, 0.717) is 62.5 Å². The average molecular weight is 1090 g/mol. The minimum absolute atomic E-state index is 0.0101. The standard InChI is InChI=1S/C71H72O10/c1-45-42-54(26-40-62(45)79-67(75)53-24-38-59(39-25-53)76-56-32-18-50(19-33-56)64(72)68(4,5)6)47(3)55-27-41-63(46(2)43-55)81-71(12,13)70(10,11)65(73)51-20-34-57(35-21-51)77-58-36-22-52(23-37-58)66(74)78-60-28-14-48(15-29-60)44-49-16-30-61(31-17-49)80-69(7,8)9/h14-43,47H,44H2,1-13H3. The Balaban J connectivity index is 0.809. The zero-order chi connectivity index (χ0) is 58.4. The molecule has 1 atom stereocenters. The lowest BCUT2D eigenvalue weighted by atomic mass is 9.71. The van der Waals surface area contributed by atoms with Crippen molar-refractivity contribution in [2.24, 2.45) is 10.8 Å². The van der Waals surface area contributed by atoms with Gasteiger partial charge in [0.15, 0.2) is 11.6 Å². The highest BCUT2D eigenvalue weighted by molar-refractivity contribution is 6.01. The van der Waals surface area contributed by atoms with Gasteiger partial charge in [0.25, 0.3) is 0 Å². The molecule has 0 fully saturated rings. The first-order valence-corrected chi connectivity index (χ1v) is 27.3. The molecule has 0 saturated carbocycles. The number of carbonyl (C=O) groups excluding carboxylic acids is 4. The fraction of sp³-hybridized carbons (Fsp3) is 0.268. The minimum atomic E-state index is -0.945. The second-order valence-corrected chi connectivity index (χ2v) is 23.7. The number of esters is 2. The third-order valence-electron chi connectivity index (χ3n) is 14.5. The molecule has 0 aliphatic carbocycles. The Morgan fingerprint density at radius 2 is 0.765 bits per heavy atom. The highest BCUT2D eigenvalue weighted by Crippen LogP contribution is 2.41. The molecule has 10 nitrogen and oxygen atoms in total. The molecule has 0 aliphatic heterocycles. The molecule has 0 radical (unpaired) electrons. The summed E-state index contributed by atoms with van der Waals surface area (Å²) in [5.74, 6) is 3.62. The van der Waals surface area contributed by atoms with Crippen LogP contribution in [0.15, 0.2) is 182 Å². The lowest BCUT2D eigenvalue weighted by Gasteiger charge is -2.41. The molecule has 0 saturated heterocycles. The number of benzene rings is 8. The van der Waals surface area contributed by atoms with E-state index in [9.17, 15) is 19.2 Å². The lowest BCUT2D eigenvalue weighted by Crippen LogP contribution is -2.49. The van der Waals surface area contributed by atoms with Gasteiger partial charge in [0.05, 0.1) is 16.5 Å². The third-order valence-corrected chi connectivity index (χ3v) is 14.5. The molecule has 1 unspecified atom stereocenters. The first-order valence-electron chi connectivity index (χ1n) is 27.3. The number of Topliss-reactive ketones (excluding diaryl/α,β-unsaturated/α-hetero) is 2. The monoisotopic (exact) mass is 1080 g/mol. The van der Waals surface area contributed by atoms with Crippen molar-refractivity contribution >= 4 is 23.5 Å². The fourth-order valence-electron chi connectivity index (χ4n) is 8.98. The van der Waals surface area contributed by atoms with Gasteiger partial charge in [0.2, 0.25) is 0 Å². The molecule has 0 aliphatic rings. The molecular formula is C71H72O10. The Bertz CT molecular complexity index is 3520. The molecule has 0 heterocycles. The second kappa shape index (κ2) is 23.9. The van der Waals surface area contributed by atoms with Crippen LogP contribution >= 0.6 is 0 Å². The summed E-state index contributed by atoms with van der Waals surface area (Å²) in [4.78, 5) is 53.1. The Labute approximate surface area is 477 Å². The minimum Gasteiger partial charge on any atom is -0.488 e. The smallest absolute Gasteiger partial charge is 0.343 e. The summed E-state index contributed by atoms with van der Waals surface area (Å²) >= 11 is 0. The van der Waals surface area contributed by atoms with Crippen molar-refractivity contribution < 1.29 is 47.6 Å². The van der Waals surface area contributed by atoms with Crippen molar-refractivity contribution in [3.05, 3.63) is 238 Å². The van der Waals surface area contributed by atoms with Crippen LogP contribution in [0.4, 0.5) is 0 Å².